The summed E-state index contributed by atoms with van der Waals surface area (Å²) in [6.45, 7) is 12.5. The Bertz CT molecular complexity index is 237. The summed E-state index contributed by atoms with van der Waals surface area (Å²) in [5, 5.41) is 0. The van der Waals surface area contributed by atoms with Crippen LogP contribution < -0.4 is 0 Å². The van der Waals surface area contributed by atoms with Crippen LogP contribution in [0.4, 0.5) is 0 Å². The van der Waals surface area contributed by atoms with E-state index >= 15 is 0 Å². The molecule has 0 aromatic heterocycles. The first-order valence-electron chi connectivity index (χ1n) is 7.83. The summed E-state index contributed by atoms with van der Waals surface area (Å²) in [7, 11) is 0. The molecule has 2 rings (SSSR count). The summed E-state index contributed by atoms with van der Waals surface area (Å²) >= 11 is 0. The first-order valence-corrected chi connectivity index (χ1v) is 7.83. The minimum Gasteiger partial charge on any atom is -0.0615 e. The Morgan fingerprint density at radius 1 is 0.706 bits per heavy atom. The van der Waals surface area contributed by atoms with Crippen molar-refractivity contribution >= 4 is 0 Å². The second-order valence-electron chi connectivity index (χ2n) is 8.27. The zero-order valence-electron chi connectivity index (χ0n) is 12.7. The average molecular weight is 236 g/mol. The number of rotatable bonds is 1. The van der Waals surface area contributed by atoms with Gasteiger partial charge < -0.3 is 0 Å². The van der Waals surface area contributed by atoms with Crippen molar-refractivity contribution in [2.24, 2.45) is 28.6 Å². The van der Waals surface area contributed by atoms with Gasteiger partial charge >= 0.3 is 0 Å². The van der Waals surface area contributed by atoms with E-state index in [4.69, 9.17) is 0 Å². The van der Waals surface area contributed by atoms with Gasteiger partial charge in [0.15, 0.2) is 0 Å². The maximum Gasteiger partial charge on any atom is -0.0321 e. The van der Waals surface area contributed by atoms with E-state index in [1.807, 2.05) is 0 Å². The standard InChI is InChI=1S/C17H32/c1-13-16(2,3)11-15(12-17(13,4)5)14-9-7-6-8-10-14/h13-15H,6-12H2,1-5H3. The van der Waals surface area contributed by atoms with Gasteiger partial charge in [-0.2, -0.15) is 0 Å². The molecular formula is C17H32. The molecule has 0 unspecified atom stereocenters. The van der Waals surface area contributed by atoms with Crippen LogP contribution in [0.15, 0.2) is 0 Å². The van der Waals surface area contributed by atoms with Gasteiger partial charge in [-0.1, -0.05) is 66.7 Å². The molecule has 0 atom stereocenters. The van der Waals surface area contributed by atoms with Crippen LogP contribution in [0.3, 0.4) is 0 Å². The molecule has 0 nitrogen and oxygen atoms in total. The molecule has 2 aliphatic rings. The predicted octanol–water partition coefficient (Wildman–Crippen LogP) is 5.67. The highest BCUT2D eigenvalue weighted by Gasteiger charge is 2.46. The van der Waals surface area contributed by atoms with Crippen molar-refractivity contribution in [1.82, 2.24) is 0 Å². The minimum atomic E-state index is 0.545. The molecule has 0 saturated heterocycles. The van der Waals surface area contributed by atoms with Crippen molar-refractivity contribution in [3.05, 3.63) is 0 Å². The molecule has 0 heteroatoms. The van der Waals surface area contributed by atoms with Crippen molar-refractivity contribution in [1.29, 1.82) is 0 Å². The van der Waals surface area contributed by atoms with Crippen LogP contribution in [-0.2, 0) is 0 Å². The van der Waals surface area contributed by atoms with E-state index in [-0.39, 0.29) is 0 Å². The van der Waals surface area contributed by atoms with Crippen molar-refractivity contribution in [2.45, 2.75) is 79.6 Å². The van der Waals surface area contributed by atoms with Crippen LogP contribution >= 0.6 is 0 Å². The van der Waals surface area contributed by atoms with Crippen molar-refractivity contribution < 1.29 is 0 Å². The van der Waals surface area contributed by atoms with E-state index in [1.165, 1.54) is 44.9 Å². The van der Waals surface area contributed by atoms with Gasteiger partial charge in [0.2, 0.25) is 0 Å². The molecule has 2 saturated carbocycles. The van der Waals surface area contributed by atoms with E-state index in [9.17, 15) is 0 Å². The summed E-state index contributed by atoms with van der Waals surface area (Å²) in [6.07, 6.45) is 10.5. The topological polar surface area (TPSA) is 0 Å². The third-order valence-corrected chi connectivity index (χ3v) is 6.24. The Kier molecular flexibility index (Phi) is 3.63. The predicted molar refractivity (Wildman–Crippen MR) is 76.0 cm³/mol. The smallest absolute Gasteiger partial charge is 0.0321 e. The summed E-state index contributed by atoms with van der Waals surface area (Å²) in [5.41, 5.74) is 1.09. The van der Waals surface area contributed by atoms with Crippen molar-refractivity contribution in [2.75, 3.05) is 0 Å². The Morgan fingerprint density at radius 3 is 1.65 bits per heavy atom. The summed E-state index contributed by atoms with van der Waals surface area (Å²) < 4.78 is 0. The van der Waals surface area contributed by atoms with Crippen molar-refractivity contribution in [3.8, 4) is 0 Å². The Balaban J connectivity index is 2.09. The van der Waals surface area contributed by atoms with Gasteiger partial charge in [0, 0.05) is 0 Å². The number of hydrogen-bond acceptors (Lipinski definition) is 0. The summed E-state index contributed by atoms with van der Waals surface area (Å²) in [4.78, 5) is 0. The molecule has 0 aromatic carbocycles. The van der Waals surface area contributed by atoms with Crippen LogP contribution in [-0.4, -0.2) is 0 Å². The molecule has 2 aliphatic carbocycles. The Morgan fingerprint density at radius 2 is 1.18 bits per heavy atom. The zero-order chi connectivity index (χ0) is 12.7. The SMILES string of the molecule is CC1C(C)(C)CC(C2CCCCC2)CC1(C)C. The first-order chi connectivity index (χ1) is 7.83. The highest BCUT2D eigenvalue weighted by molar-refractivity contribution is 4.96. The van der Waals surface area contributed by atoms with Gasteiger partial charge in [-0.3, -0.25) is 0 Å². The molecule has 2 fully saturated rings. The molecule has 0 heterocycles. The van der Waals surface area contributed by atoms with Crippen LogP contribution in [0.2, 0.25) is 0 Å². The van der Waals surface area contributed by atoms with Gasteiger partial charge in [-0.25, -0.2) is 0 Å². The molecule has 0 N–H and O–H groups in total. The zero-order valence-corrected chi connectivity index (χ0v) is 12.7. The highest BCUT2D eigenvalue weighted by atomic mass is 14.5. The Hall–Kier alpha value is 0. The molecular weight excluding hydrogens is 204 g/mol. The lowest BCUT2D eigenvalue weighted by atomic mass is 9.52. The second kappa shape index (κ2) is 4.59. The van der Waals surface area contributed by atoms with E-state index in [0.717, 1.165) is 17.8 Å². The fourth-order valence-electron chi connectivity index (χ4n) is 4.77. The van der Waals surface area contributed by atoms with E-state index in [1.54, 1.807) is 0 Å². The van der Waals surface area contributed by atoms with Crippen LogP contribution in [0.25, 0.3) is 0 Å². The monoisotopic (exact) mass is 236 g/mol. The minimum absolute atomic E-state index is 0.545. The normalized spacial score (nSPS) is 37.9. The Labute approximate surface area is 109 Å². The highest BCUT2D eigenvalue weighted by Crippen LogP contribution is 2.55. The van der Waals surface area contributed by atoms with Crippen molar-refractivity contribution in [3.63, 3.8) is 0 Å². The van der Waals surface area contributed by atoms with E-state index in [2.05, 4.69) is 34.6 Å². The third kappa shape index (κ3) is 2.71. The van der Waals surface area contributed by atoms with Gasteiger partial charge in [0.05, 0.1) is 0 Å². The molecule has 0 amide bonds. The maximum absolute atomic E-state index is 2.51. The second-order valence-corrected chi connectivity index (χ2v) is 8.27. The van der Waals surface area contributed by atoms with Gasteiger partial charge in [-0.15, -0.1) is 0 Å². The lowest BCUT2D eigenvalue weighted by Crippen LogP contribution is -2.44. The number of hydrogen-bond donors (Lipinski definition) is 0. The summed E-state index contributed by atoms with van der Waals surface area (Å²) in [5.74, 6) is 2.92. The largest absolute Gasteiger partial charge is 0.0615 e. The molecule has 0 bridgehead atoms. The third-order valence-electron chi connectivity index (χ3n) is 6.24. The van der Waals surface area contributed by atoms with Gasteiger partial charge in [0.25, 0.3) is 0 Å². The van der Waals surface area contributed by atoms with Crippen LogP contribution in [0.5, 0.6) is 0 Å². The van der Waals surface area contributed by atoms with Crippen LogP contribution in [0, 0.1) is 28.6 Å². The molecule has 0 radical (unpaired) electrons. The first kappa shape index (κ1) is 13.4. The molecule has 100 valence electrons. The van der Waals surface area contributed by atoms with Gasteiger partial charge in [-0.05, 0) is 41.4 Å². The van der Waals surface area contributed by atoms with Crippen LogP contribution in [0.1, 0.15) is 79.6 Å². The molecule has 0 spiro atoms. The van der Waals surface area contributed by atoms with Gasteiger partial charge in [0.1, 0.15) is 0 Å². The van der Waals surface area contributed by atoms with E-state index in [0.29, 0.717) is 10.8 Å². The quantitative estimate of drug-likeness (QED) is 0.550. The van der Waals surface area contributed by atoms with E-state index < -0.39 is 0 Å². The molecule has 0 aromatic rings. The lowest BCUT2D eigenvalue weighted by molar-refractivity contribution is -0.0305. The summed E-state index contributed by atoms with van der Waals surface area (Å²) in [6, 6.07) is 0. The lowest BCUT2D eigenvalue weighted by Gasteiger charge is -2.53. The molecule has 0 aliphatic heterocycles. The maximum atomic E-state index is 2.51. The fourth-order valence-corrected chi connectivity index (χ4v) is 4.77. The fraction of sp³-hybridized carbons (Fsp3) is 1.00. The average Bonchev–Trinajstić information content (AvgIpc) is 2.26. The molecule has 17 heavy (non-hydrogen) atoms.